The lowest BCUT2D eigenvalue weighted by Crippen LogP contribution is -2.68. The molecule has 0 aromatic rings. The minimum atomic E-state index is -0.207. The van der Waals surface area contributed by atoms with Gasteiger partial charge in [0.15, 0.2) is 0 Å². The topological polar surface area (TPSA) is 55.6 Å². The molecule has 0 aromatic heterocycles. The third-order valence-electron chi connectivity index (χ3n) is 2.92. The Balaban J connectivity index is 1.85. The number of likely N-dealkylation sites (tertiary alicyclic amines) is 1. The van der Waals surface area contributed by atoms with Gasteiger partial charge in [0.1, 0.15) is 6.10 Å². The first-order valence-electron chi connectivity index (χ1n) is 5.21. The molecule has 2 aliphatic rings. The van der Waals surface area contributed by atoms with E-state index in [1.165, 1.54) is 0 Å². The maximum absolute atomic E-state index is 11.8. The van der Waals surface area contributed by atoms with Crippen LogP contribution >= 0.6 is 0 Å². The summed E-state index contributed by atoms with van der Waals surface area (Å²) >= 11 is 0. The second kappa shape index (κ2) is 3.21. The summed E-state index contributed by atoms with van der Waals surface area (Å²) in [4.78, 5) is 13.6. The van der Waals surface area contributed by atoms with Gasteiger partial charge in [0, 0.05) is 18.6 Å². The van der Waals surface area contributed by atoms with Gasteiger partial charge in [-0.3, -0.25) is 4.79 Å². The van der Waals surface area contributed by atoms with Crippen LogP contribution in [0, 0.1) is 0 Å². The van der Waals surface area contributed by atoms with E-state index in [0.717, 1.165) is 12.8 Å². The van der Waals surface area contributed by atoms with Crippen molar-refractivity contribution in [3.63, 3.8) is 0 Å². The van der Waals surface area contributed by atoms with Crippen LogP contribution in [0.4, 0.5) is 0 Å². The largest absolute Gasteiger partial charge is 0.365 e. The van der Waals surface area contributed by atoms with Gasteiger partial charge < -0.3 is 15.4 Å². The van der Waals surface area contributed by atoms with Crippen LogP contribution in [0.25, 0.3) is 0 Å². The Hall–Kier alpha value is -0.610. The molecule has 2 saturated heterocycles. The molecule has 0 aromatic carbocycles. The van der Waals surface area contributed by atoms with Gasteiger partial charge in [0.2, 0.25) is 0 Å². The van der Waals surface area contributed by atoms with E-state index in [1.54, 1.807) is 4.90 Å². The lowest BCUT2D eigenvalue weighted by Gasteiger charge is -2.46. The van der Waals surface area contributed by atoms with E-state index in [1.807, 2.05) is 13.8 Å². The molecule has 1 amide bonds. The molecule has 0 bridgehead atoms. The van der Waals surface area contributed by atoms with Crippen molar-refractivity contribution in [2.45, 2.75) is 44.4 Å². The summed E-state index contributed by atoms with van der Waals surface area (Å²) in [6, 6.07) is 0. The van der Waals surface area contributed by atoms with Crippen molar-refractivity contribution in [1.82, 2.24) is 4.90 Å². The minimum Gasteiger partial charge on any atom is -0.365 e. The molecule has 2 unspecified atom stereocenters. The van der Waals surface area contributed by atoms with Crippen LogP contribution in [0.1, 0.15) is 26.7 Å². The van der Waals surface area contributed by atoms with Crippen molar-refractivity contribution in [2.75, 3.05) is 13.1 Å². The molecule has 0 aliphatic carbocycles. The van der Waals surface area contributed by atoms with Crippen molar-refractivity contribution in [1.29, 1.82) is 0 Å². The lowest BCUT2D eigenvalue weighted by molar-refractivity contribution is -0.149. The van der Waals surface area contributed by atoms with Crippen molar-refractivity contribution in [2.24, 2.45) is 5.73 Å². The zero-order valence-corrected chi connectivity index (χ0v) is 8.82. The van der Waals surface area contributed by atoms with Gasteiger partial charge in [-0.2, -0.15) is 0 Å². The van der Waals surface area contributed by atoms with Gasteiger partial charge in [-0.25, -0.2) is 0 Å². The van der Waals surface area contributed by atoms with E-state index in [9.17, 15) is 4.79 Å². The van der Waals surface area contributed by atoms with Crippen molar-refractivity contribution < 1.29 is 9.53 Å². The molecule has 2 heterocycles. The van der Waals surface area contributed by atoms with Crippen LogP contribution in [-0.4, -0.2) is 41.6 Å². The normalized spacial score (nSPS) is 35.5. The highest BCUT2D eigenvalue weighted by atomic mass is 16.5. The van der Waals surface area contributed by atoms with Crippen LogP contribution in [0.15, 0.2) is 0 Å². The summed E-state index contributed by atoms with van der Waals surface area (Å²) in [6.07, 6.45) is 1.87. The molecule has 4 nitrogen and oxygen atoms in total. The third kappa shape index (κ3) is 1.77. The van der Waals surface area contributed by atoms with Crippen molar-refractivity contribution in [3.8, 4) is 0 Å². The quantitative estimate of drug-likeness (QED) is 0.651. The van der Waals surface area contributed by atoms with E-state index in [-0.39, 0.29) is 23.7 Å². The van der Waals surface area contributed by atoms with Crippen molar-refractivity contribution >= 4 is 5.91 Å². The summed E-state index contributed by atoms with van der Waals surface area (Å²) < 4.78 is 5.52. The number of nitrogens with two attached hydrogens (primary N) is 1. The van der Waals surface area contributed by atoms with Gasteiger partial charge in [0.05, 0.1) is 6.10 Å². The fourth-order valence-electron chi connectivity index (χ4n) is 2.17. The maximum atomic E-state index is 11.8. The average molecular weight is 198 g/mol. The first-order chi connectivity index (χ1) is 6.48. The summed E-state index contributed by atoms with van der Waals surface area (Å²) in [5, 5.41) is 0. The van der Waals surface area contributed by atoms with Crippen LogP contribution in [0.3, 0.4) is 0 Å². The lowest BCUT2D eigenvalue weighted by atomic mass is 9.93. The van der Waals surface area contributed by atoms with E-state index >= 15 is 0 Å². The number of nitrogens with zero attached hydrogens (tertiary/aromatic N) is 1. The fraction of sp³-hybridized carbons (Fsp3) is 0.900. The monoisotopic (exact) mass is 198 g/mol. The summed E-state index contributed by atoms with van der Waals surface area (Å²) in [6.45, 7) is 5.31. The van der Waals surface area contributed by atoms with E-state index in [2.05, 4.69) is 0 Å². The molecule has 4 heteroatoms. The molecule has 2 rings (SSSR count). The summed E-state index contributed by atoms with van der Waals surface area (Å²) in [7, 11) is 0. The number of carbonyl (C=O) groups excluding carboxylic acids is 1. The van der Waals surface area contributed by atoms with Gasteiger partial charge in [-0.05, 0) is 26.7 Å². The summed E-state index contributed by atoms with van der Waals surface area (Å²) in [5.74, 6) is 0.122. The van der Waals surface area contributed by atoms with Gasteiger partial charge in [0.25, 0.3) is 5.91 Å². The Morgan fingerprint density at radius 3 is 2.57 bits per heavy atom. The Labute approximate surface area is 84.4 Å². The van der Waals surface area contributed by atoms with Gasteiger partial charge in [-0.1, -0.05) is 0 Å². The number of ether oxygens (including phenoxy) is 1. The zero-order valence-electron chi connectivity index (χ0n) is 8.82. The van der Waals surface area contributed by atoms with Crippen LogP contribution < -0.4 is 5.73 Å². The molecular weight excluding hydrogens is 180 g/mol. The van der Waals surface area contributed by atoms with Crippen LogP contribution in [0.5, 0.6) is 0 Å². The molecule has 0 spiro atoms. The van der Waals surface area contributed by atoms with E-state index in [4.69, 9.17) is 10.5 Å². The fourth-order valence-corrected chi connectivity index (χ4v) is 2.17. The van der Waals surface area contributed by atoms with Crippen molar-refractivity contribution in [3.05, 3.63) is 0 Å². The number of hydrogen-bond donors (Lipinski definition) is 1. The molecule has 2 fully saturated rings. The summed E-state index contributed by atoms with van der Waals surface area (Å²) in [5.41, 5.74) is 5.66. The second-order valence-corrected chi connectivity index (χ2v) is 4.86. The highest BCUT2D eigenvalue weighted by Crippen LogP contribution is 2.25. The van der Waals surface area contributed by atoms with E-state index in [0.29, 0.717) is 13.1 Å². The second-order valence-electron chi connectivity index (χ2n) is 4.86. The minimum absolute atomic E-state index is 0.122. The number of rotatable bonds is 1. The SMILES string of the molecule is CC1CCC(C(=O)N2CC(C)(N)C2)O1. The third-order valence-corrected chi connectivity index (χ3v) is 2.92. The molecule has 2 aliphatic heterocycles. The molecule has 0 radical (unpaired) electrons. The molecule has 0 saturated carbocycles. The Morgan fingerprint density at radius 2 is 2.14 bits per heavy atom. The Kier molecular flexibility index (Phi) is 2.27. The molecule has 2 atom stereocenters. The zero-order chi connectivity index (χ0) is 10.3. The predicted octanol–water partition coefficient (Wildman–Crippen LogP) is 0.113. The number of carbonyl (C=O) groups is 1. The molecule has 2 N–H and O–H groups in total. The maximum Gasteiger partial charge on any atom is 0.251 e. The highest BCUT2D eigenvalue weighted by molar-refractivity contribution is 5.82. The average Bonchev–Trinajstić information content (AvgIpc) is 2.46. The van der Waals surface area contributed by atoms with E-state index < -0.39 is 0 Å². The first kappa shape index (κ1) is 9.93. The standard InChI is InChI=1S/C10H18N2O2/c1-7-3-4-8(14-7)9(13)12-5-10(2,11)6-12/h7-8H,3-6,11H2,1-2H3. The Morgan fingerprint density at radius 1 is 1.50 bits per heavy atom. The first-order valence-corrected chi connectivity index (χ1v) is 5.21. The number of hydrogen-bond acceptors (Lipinski definition) is 3. The molecule has 14 heavy (non-hydrogen) atoms. The number of amides is 1. The smallest absolute Gasteiger partial charge is 0.251 e. The van der Waals surface area contributed by atoms with Gasteiger partial charge in [-0.15, -0.1) is 0 Å². The molecule has 80 valence electrons. The van der Waals surface area contributed by atoms with Crippen LogP contribution in [-0.2, 0) is 9.53 Å². The molecular formula is C10H18N2O2. The Bertz CT molecular complexity index is 245. The highest BCUT2D eigenvalue weighted by Gasteiger charge is 2.41. The van der Waals surface area contributed by atoms with Crippen LogP contribution in [0.2, 0.25) is 0 Å². The van der Waals surface area contributed by atoms with Gasteiger partial charge >= 0.3 is 0 Å². The predicted molar refractivity (Wildman–Crippen MR) is 52.7 cm³/mol.